The molecule has 4 rings (SSSR count). The zero-order valence-electron chi connectivity index (χ0n) is 29.1. The van der Waals surface area contributed by atoms with E-state index in [2.05, 4.69) is 111 Å². The van der Waals surface area contributed by atoms with E-state index in [-0.39, 0.29) is 0 Å². The number of nitrogens with one attached hydrogen (secondary N) is 2. The van der Waals surface area contributed by atoms with Crippen LogP contribution in [0.1, 0.15) is 124 Å². The van der Waals surface area contributed by atoms with Crippen LogP contribution in [0.4, 0.5) is 0 Å². The molecule has 0 amide bonds. The third-order valence-corrected chi connectivity index (χ3v) is 9.40. The highest BCUT2D eigenvalue weighted by Crippen LogP contribution is 2.25. The molecule has 0 unspecified atom stereocenters. The van der Waals surface area contributed by atoms with Crippen LogP contribution >= 0.6 is 0 Å². The Hall–Kier alpha value is -2.68. The molecule has 0 saturated carbocycles. The van der Waals surface area contributed by atoms with E-state index in [0.717, 1.165) is 38.3 Å². The van der Waals surface area contributed by atoms with Crippen molar-refractivity contribution >= 4 is 0 Å². The second kappa shape index (κ2) is 22.8. The highest BCUT2D eigenvalue weighted by atomic mass is 14.9. The van der Waals surface area contributed by atoms with Crippen LogP contribution in [-0.2, 0) is 32.1 Å². The molecule has 246 valence electrons. The summed E-state index contributed by atoms with van der Waals surface area (Å²) >= 11 is 0. The molecule has 45 heavy (non-hydrogen) atoms. The molecular formula is C43H64N2. The highest BCUT2D eigenvalue weighted by molar-refractivity contribution is 5.28. The fraction of sp³-hybridized carbons (Fsp3) is 0.535. The van der Waals surface area contributed by atoms with E-state index in [1.165, 1.54) is 118 Å². The van der Waals surface area contributed by atoms with Crippen molar-refractivity contribution in [2.24, 2.45) is 0 Å². The van der Waals surface area contributed by atoms with Gasteiger partial charge in [0.1, 0.15) is 0 Å². The van der Waals surface area contributed by atoms with Gasteiger partial charge in [0.15, 0.2) is 0 Å². The smallest absolute Gasteiger partial charge is 0.000825 e. The third kappa shape index (κ3) is 15.0. The summed E-state index contributed by atoms with van der Waals surface area (Å²) in [6.07, 6.45) is 18.8. The first-order valence-corrected chi connectivity index (χ1v) is 18.4. The van der Waals surface area contributed by atoms with Gasteiger partial charge in [-0.2, -0.15) is 0 Å². The molecule has 1 fully saturated rings. The maximum atomic E-state index is 3.93. The van der Waals surface area contributed by atoms with Gasteiger partial charge in [-0.1, -0.05) is 111 Å². The van der Waals surface area contributed by atoms with Crippen molar-refractivity contribution in [1.82, 2.24) is 10.6 Å². The fourth-order valence-electron chi connectivity index (χ4n) is 6.53. The fourth-order valence-corrected chi connectivity index (χ4v) is 6.53. The second-order valence-corrected chi connectivity index (χ2v) is 13.2. The largest absolute Gasteiger partial charge is 0.317 e. The molecule has 2 nitrogen and oxygen atoms in total. The monoisotopic (exact) mass is 609 g/mol. The zero-order chi connectivity index (χ0) is 32.0. The van der Waals surface area contributed by atoms with Crippen LogP contribution in [0.25, 0.3) is 0 Å². The van der Waals surface area contributed by atoms with E-state index in [4.69, 9.17) is 0 Å². The van der Waals surface area contributed by atoms with E-state index in [0.29, 0.717) is 0 Å². The van der Waals surface area contributed by atoms with E-state index in [9.17, 15) is 0 Å². The summed E-state index contributed by atoms with van der Waals surface area (Å²) in [5, 5.41) is 6.99. The number of hydrogen-bond acceptors (Lipinski definition) is 2. The Bertz CT molecular complexity index is 1190. The minimum atomic E-state index is 0.774. The lowest BCUT2D eigenvalue weighted by Crippen LogP contribution is -2.26. The van der Waals surface area contributed by atoms with Gasteiger partial charge in [0.2, 0.25) is 0 Å². The summed E-state index contributed by atoms with van der Waals surface area (Å²) in [6.45, 7) is 15.1. The van der Waals surface area contributed by atoms with Crippen molar-refractivity contribution in [3.8, 4) is 0 Å². The number of allylic oxidation sites excluding steroid dienone is 1. The molecule has 0 atom stereocenters. The molecule has 0 radical (unpaired) electrons. The van der Waals surface area contributed by atoms with Gasteiger partial charge in [0, 0.05) is 0 Å². The first-order valence-electron chi connectivity index (χ1n) is 18.4. The molecule has 0 spiro atoms. The van der Waals surface area contributed by atoms with Gasteiger partial charge in [-0.05, 0) is 149 Å². The standard InChI is InChI=1S/C25H35N.C18H29N/c1-2-22-10-7-8-12-23(22)11-6-4-3-5-9-21-13-15-24(16-14-21)25-17-19-26-20-18-25;1-4-5-10-17-11-6-7-12-18(17)13-15-19-14-8-9-16(2)3/h7-8,10,12-16,25-26H,2-6,9,11,17-20H2,1H3;6-7,11-12,19H,2,4-5,8-10,13-15H2,1,3H3. The summed E-state index contributed by atoms with van der Waals surface area (Å²) < 4.78 is 0. The predicted octanol–water partition coefficient (Wildman–Crippen LogP) is 10.6. The second-order valence-electron chi connectivity index (χ2n) is 13.2. The van der Waals surface area contributed by atoms with Gasteiger partial charge in [-0.3, -0.25) is 0 Å². The van der Waals surface area contributed by atoms with E-state index in [1.54, 1.807) is 11.1 Å². The van der Waals surface area contributed by atoms with Crippen molar-refractivity contribution in [1.29, 1.82) is 0 Å². The quantitative estimate of drug-likeness (QED) is 0.104. The summed E-state index contributed by atoms with van der Waals surface area (Å²) in [7, 11) is 0. The Morgan fingerprint density at radius 2 is 1.24 bits per heavy atom. The van der Waals surface area contributed by atoms with Gasteiger partial charge in [0.25, 0.3) is 0 Å². The summed E-state index contributed by atoms with van der Waals surface area (Å²) in [6, 6.07) is 27.3. The molecule has 1 aliphatic heterocycles. The first-order chi connectivity index (χ1) is 22.1. The molecule has 0 aliphatic carbocycles. The van der Waals surface area contributed by atoms with E-state index in [1.807, 2.05) is 0 Å². The van der Waals surface area contributed by atoms with Crippen LogP contribution in [0.5, 0.6) is 0 Å². The summed E-state index contributed by atoms with van der Waals surface area (Å²) in [5.74, 6) is 0.774. The summed E-state index contributed by atoms with van der Waals surface area (Å²) in [5.41, 5.74) is 10.5. The molecule has 3 aromatic rings. The molecule has 1 saturated heterocycles. The molecule has 3 aromatic carbocycles. The molecule has 2 N–H and O–H groups in total. The van der Waals surface area contributed by atoms with Crippen LogP contribution in [0.15, 0.2) is 84.9 Å². The number of rotatable bonds is 19. The molecule has 0 aromatic heterocycles. The van der Waals surface area contributed by atoms with Gasteiger partial charge >= 0.3 is 0 Å². The predicted molar refractivity (Wildman–Crippen MR) is 199 cm³/mol. The Balaban J connectivity index is 0.000000259. The number of unbranched alkanes of at least 4 members (excludes halogenated alkanes) is 4. The number of piperidine rings is 1. The maximum Gasteiger partial charge on any atom is -0.000825 e. The number of aryl methyl sites for hydroxylation is 4. The van der Waals surface area contributed by atoms with Gasteiger partial charge in [-0.15, -0.1) is 6.58 Å². The van der Waals surface area contributed by atoms with E-state index >= 15 is 0 Å². The third-order valence-electron chi connectivity index (χ3n) is 9.40. The molecular weight excluding hydrogens is 544 g/mol. The van der Waals surface area contributed by atoms with Gasteiger partial charge < -0.3 is 10.6 Å². The molecule has 1 heterocycles. The average Bonchev–Trinajstić information content (AvgIpc) is 3.08. The normalized spacial score (nSPS) is 13.3. The zero-order valence-corrected chi connectivity index (χ0v) is 29.1. The number of benzene rings is 3. The minimum Gasteiger partial charge on any atom is -0.317 e. The highest BCUT2D eigenvalue weighted by Gasteiger charge is 2.14. The number of hydrogen-bond donors (Lipinski definition) is 2. The SMILES string of the molecule is C=C(C)CCCNCCc1ccccc1CCCC.CCc1ccccc1CCCCCCc1ccc(C2CCNCC2)cc1. The van der Waals surface area contributed by atoms with Crippen LogP contribution in [0, 0.1) is 0 Å². The average molecular weight is 609 g/mol. The van der Waals surface area contributed by atoms with Crippen molar-refractivity contribution < 1.29 is 0 Å². The molecule has 1 aliphatic rings. The van der Waals surface area contributed by atoms with E-state index < -0.39 is 0 Å². The maximum absolute atomic E-state index is 3.93. The topological polar surface area (TPSA) is 24.1 Å². The van der Waals surface area contributed by atoms with Crippen molar-refractivity contribution in [2.75, 3.05) is 26.2 Å². The summed E-state index contributed by atoms with van der Waals surface area (Å²) in [4.78, 5) is 0. The first kappa shape index (κ1) is 36.8. The van der Waals surface area contributed by atoms with Crippen molar-refractivity contribution in [3.63, 3.8) is 0 Å². The van der Waals surface area contributed by atoms with Crippen molar-refractivity contribution in [2.45, 2.75) is 123 Å². The minimum absolute atomic E-state index is 0.774. The van der Waals surface area contributed by atoms with Crippen LogP contribution < -0.4 is 10.6 Å². The lowest BCUT2D eigenvalue weighted by molar-refractivity contribution is 0.460. The van der Waals surface area contributed by atoms with Crippen LogP contribution in [0.3, 0.4) is 0 Å². The van der Waals surface area contributed by atoms with Crippen LogP contribution in [-0.4, -0.2) is 26.2 Å². The molecule has 2 heteroatoms. The Kier molecular flexibility index (Phi) is 18.6. The Morgan fingerprint density at radius 1 is 0.667 bits per heavy atom. The Morgan fingerprint density at radius 3 is 1.87 bits per heavy atom. The lowest BCUT2D eigenvalue weighted by Gasteiger charge is -2.23. The van der Waals surface area contributed by atoms with Gasteiger partial charge in [0.05, 0.1) is 0 Å². The Labute approximate surface area is 277 Å². The van der Waals surface area contributed by atoms with Crippen LogP contribution in [0.2, 0.25) is 0 Å². The van der Waals surface area contributed by atoms with Gasteiger partial charge in [-0.25, -0.2) is 0 Å². The molecule has 0 bridgehead atoms. The lowest BCUT2D eigenvalue weighted by atomic mass is 9.89. The van der Waals surface area contributed by atoms with Crippen molar-refractivity contribution in [3.05, 3.63) is 118 Å².